The van der Waals surface area contributed by atoms with E-state index in [1.54, 1.807) is 6.20 Å². The first-order valence-electron chi connectivity index (χ1n) is 5.50. The Morgan fingerprint density at radius 2 is 2.47 bits per heavy atom. The van der Waals surface area contributed by atoms with Crippen LogP contribution in [0.1, 0.15) is 37.8 Å². The van der Waals surface area contributed by atoms with Crippen LogP contribution < -0.4 is 0 Å². The molecule has 4 nitrogen and oxygen atoms in total. The van der Waals surface area contributed by atoms with Crippen LogP contribution in [0.2, 0.25) is 0 Å². The first kappa shape index (κ1) is 10.6. The largest absolute Gasteiger partial charge is 0.443 e. The zero-order valence-electron chi connectivity index (χ0n) is 9.31. The molecule has 0 aliphatic carbocycles. The van der Waals surface area contributed by atoms with Gasteiger partial charge in [-0.1, -0.05) is 0 Å². The molecular weight excluding hydrogens is 192 g/mol. The summed E-state index contributed by atoms with van der Waals surface area (Å²) in [4.78, 5) is 6.63. The Balaban J connectivity index is 2.01. The fourth-order valence-electron chi connectivity index (χ4n) is 2.04. The van der Waals surface area contributed by atoms with Crippen molar-refractivity contribution in [1.29, 1.82) is 0 Å². The molecule has 1 aromatic rings. The van der Waals surface area contributed by atoms with Gasteiger partial charge in [0.15, 0.2) is 5.89 Å². The highest BCUT2D eigenvalue weighted by Gasteiger charge is 2.28. The van der Waals surface area contributed by atoms with Crippen LogP contribution in [0.4, 0.5) is 0 Å². The van der Waals surface area contributed by atoms with Gasteiger partial charge in [0.25, 0.3) is 0 Å². The minimum atomic E-state index is -0.0619. The molecule has 0 radical (unpaired) electrons. The van der Waals surface area contributed by atoms with Crippen molar-refractivity contribution in [3.63, 3.8) is 0 Å². The van der Waals surface area contributed by atoms with E-state index >= 15 is 0 Å². The maximum Gasteiger partial charge on any atom is 0.198 e. The Morgan fingerprint density at radius 1 is 1.67 bits per heavy atom. The molecule has 1 aliphatic heterocycles. The zero-order chi connectivity index (χ0) is 10.8. The molecule has 84 valence electrons. The van der Waals surface area contributed by atoms with E-state index in [1.807, 2.05) is 0 Å². The van der Waals surface area contributed by atoms with Gasteiger partial charge in [0.2, 0.25) is 0 Å². The number of oxazole rings is 1. The fraction of sp³-hybridized carbons (Fsp3) is 0.727. The lowest BCUT2D eigenvalue weighted by Crippen LogP contribution is -2.27. The van der Waals surface area contributed by atoms with Gasteiger partial charge in [0, 0.05) is 18.5 Å². The Morgan fingerprint density at radius 3 is 3.00 bits per heavy atom. The second-order valence-corrected chi connectivity index (χ2v) is 4.40. The van der Waals surface area contributed by atoms with E-state index in [0.29, 0.717) is 17.7 Å². The van der Waals surface area contributed by atoms with Gasteiger partial charge >= 0.3 is 0 Å². The Kier molecular flexibility index (Phi) is 3.07. The molecule has 1 saturated heterocycles. The first-order valence-corrected chi connectivity index (χ1v) is 5.50. The molecule has 2 heterocycles. The monoisotopic (exact) mass is 210 g/mol. The quantitative estimate of drug-likeness (QED) is 0.818. The summed E-state index contributed by atoms with van der Waals surface area (Å²) in [6.45, 7) is 6.48. The number of aliphatic hydroxyl groups excluding tert-OH is 1. The zero-order valence-corrected chi connectivity index (χ0v) is 9.31. The van der Waals surface area contributed by atoms with E-state index in [1.165, 1.54) is 0 Å². The molecule has 15 heavy (non-hydrogen) atoms. The summed E-state index contributed by atoms with van der Waals surface area (Å²) in [6.07, 6.45) is 2.72. The van der Waals surface area contributed by atoms with Gasteiger partial charge in [-0.25, -0.2) is 4.98 Å². The third-order valence-corrected chi connectivity index (χ3v) is 3.03. The van der Waals surface area contributed by atoms with Crippen molar-refractivity contribution in [2.24, 2.45) is 0 Å². The van der Waals surface area contributed by atoms with Crippen LogP contribution in [0.5, 0.6) is 0 Å². The van der Waals surface area contributed by atoms with Crippen LogP contribution in [0.3, 0.4) is 0 Å². The average Bonchev–Trinajstić information content (AvgIpc) is 2.86. The second-order valence-electron chi connectivity index (χ2n) is 4.40. The summed E-state index contributed by atoms with van der Waals surface area (Å²) in [5.41, 5.74) is 0. The lowest BCUT2D eigenvalue weighted by Gasteiger charge is -2.19. The first-order chi connectivity index (χ1) is 7.20. The fourth-order valence-corrected chi connectivity index (χ4v) is 2.04. The van der Waals surface area contributed by atoms with Crippen molar-refractivity contribution in [3.8, 4) is 0 Å². The number of nitrogens with zero attached hydrogens (tertiary/aromatic N) is 2. The molecule has 1 atom stereocenters. The van der Waals surface area contributed by atoms with E-state index in [2.05, 4.69) is 23.7 Å². The molecule has 1 aliphatic rings. The molecule has 0 spiro atoms. The normalized spacial score (nSPS) is 22.8. The molecule has 1 unspecified atom stereocenters. The summed E-state index contributed by atoms with van der Waals surface area (Å²) in [6, 6.07) is 0.585. The summed E-state index contributed by atoms with van der Waals surface area (Å²) in [7, 11) is 0. The van der Waals surface area contributed by atoms with E-state index in [-0.39, 0.29) is 6.61 Å². The lowest BCUT2D eigenvalue weighted by atomic mass is 10.1. The molecule has 2 rings (SSSR count). The predicted octanol–water partition coefficient (Wildman–Crippen LogP) is 1.36. The standard InChI is InChI=1S/C11H18N2O2/c1-8(2)13-4-3-9(6-13)11-12-5-10(7-14)15-11/h5,8-9,14H,3-4,6-7H2,1-2H3. The Labute approximate surface area is 89.9 Å². The molecule has 1 aromatic heterocycles. The van der Waals surface area contributed by atoms with E-state index in [0.717, 1.165) is 25.4 Å². The van der Waals surface area contributed by atoms with Crippen molar-refractivity contribution in [1.82, 2.24) is 9.88 Å². The van der Waals surface area contributed by atoms with Gasteiger partial charge in [-0.15, -0.1) is 0 Å². The van der Waals surface area contributed by atoms with Crippen LogP contribution >= 0.6 is 0 Å². The van der Waals surface area contributed by atoms with E-state index in [4.69, 9.17) is 9.52 Å². The average molecular weight is 210 g/mol. The molecule has 0 saturated carbocycles. The molecular formula is C11H18N2O2. The van der Waals surface area contributed by atoms with Crippen LogP contribution in [-0.2, 0) is 6.61 Å². The van der Waals surface area contributed by atoms with Gasteiger partial charge in [-0.05, 0) is 26.8 Å². The molecule has 4 heteroatoms. The van der Waals surface area contributed by atoms with Crippen molar-refractivity contribution in [3.05, 3.63) is 17.8 Å². The van der Waals surface area contributed by atoms with Crippen molar-refractivity contribution >= 4 is 0 Å². The van der Waals surface area contributed by atoms with Crippen LogP contribution in [0, 0.1) is 0 Å². The molecule has 1 fully saturated rings. The smallest absolute Gasteiger partial charge is 0.198 e. The van der Waals surface area contributed by atoms with Crippen LogP contribution in [0.15, 0.2) is 10.6 Å². The van der Waals surface area contributed by atoms with E-state index in [9.17, 15) is 0 Å². The number of hydrogen-bond acceptors (Lipinski definition) is 4. The third kappa shape index (κ3) is 2.21. The van der Waals surface area contributed by atoms with Crippen molar-refractivity contribution in [2.75, 3.05) is 13.1 Å². The minimum absolute atomic E-state index is 0.0619. The van der Waals surface area contributed by atoms with Gasteiger partial charge in [0.1, 0.15) is 12.4 Å². The molecule has 0 bridgehead atoms. The highest BCUT2D eigenvalue weighted by molar-refractivity contribution is 5.02. The summed E-state index contributed by atoms with van der Waals surface area (Å²) >= 11 is 0. The van der Waals surface area contributed by atoms with Crippen LogP contribution in [0.25, 0.3) is 0 Å². The highest BCUT2D eigenvalue weighted by atomic mass is 16.4. The SMILES string of the molecule is CC(C)N1CCC(c2ncc(CO)o2)C1. The number of rotatable bonds is 3. The number of hydrogen-bond donors (Lipinski definition) is 1. The van der Waals surface area contributed by atoms with Crippen molar-refractivity contribution < 1.29 is 9.52 Å². The summed E-state index contributed by atoms with van der Waals surface area (Å²) < 4.78 is 5.46. The molecule has 0 amide bonds. The maximum absolute atomic E-state index is 8.89. The van der Waals surface area contributed by atoms with Gasteiger partial charge in [-0.2, -0.15) is 0 Å². The summed E-state index contributed by atoms with van der Waals surface area (Å²) in [5.74, 6) is 1.74. The topological polar surface area (TPSA) is 49.5 Å². The van der Waals surface area contributed by atoms with Crippen molar-refractivity contribution in [2.45, 2.75) is 38.8 Å². The minimum Gasteiger partial charge on any atom is -0.443 e. The van der Waals surface area contributed by atoms with Gasteiger partial charge in [0.05, 0.1) is 6.20 Å². The van der Waals surface area contributed by atoms with E-state index < -0.39 is 0 Å². The second kappa shape index (κ2) is 4.33. The number of aromatic nitrogens is 1. The van der Waals surface area contributed by atoms with Crippen LogP contribution in [-0.4, -0.2) is 34.1 Å². The third-order valence-electron chi connectivity index (χ3n) is 3.03. The maximum atomic E-state index is 8.89. The Bertz CT molecular complexity index is 322. The molecule has 1 N–H and O–H groups in total. The number of likely N-dealkylation sites (tertiary alicyclic amines) is 1. The molecule has 0 aromatic carbocycles. The predicted molar refractivity (Wildman–Crippen MR) is 56.5 cm³/mol. The van der Waals surface area contributed by atoms with Gasteiger partial charge in [-0.3, -0.25) is 0 Å². The lowest BCUT2D eigenvalue weighted by molar-refractivity contribution is 0.238. The Hall–Kier alpha value is -0.870. The number of aliphatic hydroxyl groups is 1. The summed E-state index contributed by atoms with van der Waals surface area (Å²) in [5, 5.41) is 8.89. The van der Waals surface area contributed by atoms with Gasteiger partial charge < -0.3 is 14.4 Å². The highest BCUT2D eigenvalue weighted by Crippen LogP contribution is 2.27.